The minimum absolute atomic E-state index is 0.0504. The van der Waals surface area contributed by atoms with Crippen molar-refractivity contribution in [2.24, 2.45) is 0 Å². The summed E-state index contributed by atoms with van der Waals surface area (Å²) in [5, 5.41) is 10.3. The predicted molar refractivity (Wildman–Crippen MR) is 118 cm³/mol. The van der Waals surface area contributed by atoms with Crippen LogP contribution in [0.3, 0.4) is 0 Å². The highest BCUT2D eigenvalue weighted by molar-refractivity contribution is 7.86. The highest BCUT2D eigenvalue weighted by atomic mass is 32.2. The number of rotatable bonds is 9. The van der Waals surface area contributed by atoms with E-state index in [2.05, 4.69) is 13.8 Å². The summed E-state index contributed by atoms with van der Waals surface area (Å²) >= 11 is 0. The molecule has 0 aromatic heterocycles. The van der Waals surface area contributed by atoms with E-state index >= 15 is 0 Å². The Labute approximate surface area is 176 Å². The monoisotopic (exact) mass is 418 g/mol. The zero-order chi connectivity index (χ0) is 21.8. The van der Waals surface area contributed by atoms with Gasteiger partial charge in [0.05, 0.1) is 12.7 Å². The van der Waals surface area contributed by atoms with Crippen molar-refractivity contribution in [3.05, 3.63) is 64.7 Å². The van der Waals surface area contributed by atoms with Crippen molar-refractivity contribution < 1.29 is 17.7 Å². The van der Waals surface area contributed by atoms with E-state index in [1.807, 2.05) is 70.2 Å². The van der Waals surface area contributed by atoms with Gasteiger partial charge in [-0.3, -0.25) is 4.18 Å². The van der Waals surface area contributed by atoms with Gasteiger partial charge in [0.25, 0.3) is 10.1 Å². The van der Waals surface area contributed by atoms with Crippen molar-refractivity contribution in [3.63, 3.8) is 0 Å². The maximum absolute atomic E-state index is 13.2. The second-order valence-electron chi connectivity index (χ2n) is 8.48. The third-order valence-corrected chi connectivity index (χ3v) is 6.59. The normalized spacial score (nSPS) is 13.4. The average Bonchev–Trinajstić information content (AvgIpc) is 2.67. The summed E-state index contributed by atoms with van der Waals surface area (Å²) in [4.78, 5) is 0.293. The van der Waals surface area contributed by atoms with E-state index in [1.54, 1.807) is 0 Å². The number of aliphatic hydroxyl groups excluding tert-OH is 1. The number of hydrogen-bond acceptors (Lipinski definition) is 4. The second-order valence-corrected chi connectivity index (χ2v) is 10.0. The van der Waals surface area contributed by atoms with Crippen LogP contribution < -0.4 is 0 Å². The first-order chi connectivity index (χ1) is 13.5. The van der Waals surface area contributed by atoms with Gasteiger partial charge >= 0.3 is 0 Å². The maximum atomic E-state index is 13.2. The highest BCUT2D eigenvalue weighted by Crippen LogP contribution is 2.36. The van der Waals surface area contributed by atoms with Gasteiger partial charge in [-0.05, 0) is 40.0 Å². The first-order valence-electron chi connectivity index (χ1n) is 10.3. The second kappa shape index (κ2) is 9.88. The Morgan fingerprint density at radius 1 is 0.828 bits per heavy atom. The molecule has 2 rings (SSSR count). The zero-order valence-electron chi connectivity index (χ0n) is 18.3. The van der Waals surface area contributed by atoms with Gasteiger partial charge in [-0.25, -0.2) is 0 Å². The molecule has 0 bridgehead atoms. The van der Waals surface area contributed by atoms with Crippen molar-refractivity contribution in [2.45, 2.75) is 76.7 Å². The van der Waals surface area contributed by atoms with Crippen LogP contribution in [0.25, 0.3) is 0 Å². The predicted octanol–water partition coefficient (Wildman–Crippen LogP) is 5.89. The van der Waals surface area contributed by atoms with Crippen molar-refractivity contribution in [1.29, 1.82) is 0 Å². The Balaban J connectivity index is 2.33. The molecule has 0 spiro atoms. The maximum Gasteiger partial charge on any atom is 0.297 e. The van der Waals surface area contributed by atoms with Crippen LogP contribution in [0, 0.1) is 0 Å². The molecule has 0 amide bonds. The van der Waals surface area contributed by atoms with E-state index in [0.717, 1.165) is 22.3 Å². The summed E-state index contributed by atoms with van der Waals surface area (Å²) in [6.45, 7) is 12.2. The van der Waals surface area contributed by atoms with E-state index in [-0.39, 0.29) is 24.9 Å². The fraction of sp³-hybridized carbons (Fsp3) is 0.500. The van der Waals surface area contributed by atoms with Crippen LogP contribution in [-0.4, -0.2) is 20.1 Å². The van der Waals surface area contributed by atoms with E-state index in [9.17, 15) is 13.5 Å². The van der Waals surface area contributed by atoms with Gasteiger partial charge < -0.3 is 5.11 Å². The summed E-state index contributed by atoms with van der Waals surface area (Å²) in [6, 6.07) is 13.2. The fourth-order valence-electron chi connectivity index (χ4n) is 3.35. The average molecular weight is 419 g/mol. The Hall–Kier alpha value is -1.69. The molecular weight excluding hydrogens is 384 g/mol. The van der Waals surface area contributed by atoms with Crippen LogP contribution in [0.1, 0.15) is 94.1 Å². The molecule has 0 fully saturated rings. The van der Waals surface area contributed by atoms with E-state index in [4.69, 9.17) is 4.18 Å². The van der Waals surface area contributed by atoms with Crippen LogP contribution in [0.4, 0.5) is 0 Å². The third-order valence-electron chi connectivity index (χ3n) is 5.14. The molecule has 0 saturated carbocycles. The molecule has 2 aromatic rings. The lowest BCUT2D eigenvalue weighted by Crippen LogP contribution is -2.16. The Bertz CT molecular complexity index is 871. The standard InChI is InChI=1S/C24H34O4S/c1-16(2)20-14-21(17(3)4)24(22(15-20)18(5)6)29(26,27)28-13-12-23(25)19-10-8-7-9-11-19/h7-11,14-18,23,25H,12-13H2,1-6H3. The van der Waals surface area contributed by atoms with Gasteiger partial charge in [0.1, 0.15) is 4.90 Å². The van der Waals surface area contributed by atoms with Crippen LogP contribution >= 0.6 is 0 Å². The summed E-state index contributed by atoms with van der Waals surface area (Å²) in [7, 11) is -3.94. The molecule has 0 aliphatic rings. The van der Waals surface area contributed by atoms with Crippen LogP contribution in [-0.2, 0) is 14.3 Å². The molecule has 5 heteroatoms. The highest BCUT2D eigenvalue weighted by Gasteiger charge is 2.28. The lowest BCUT2D eigenvalue weighted by atomic mass is 9.89. The SMILES string of the molecule is CC(C)c1cc(C(C)C)c(S(=O)(=O)OCCC(O)c2ccccc2)c(C(C)C)c1. The van der Waals surface area contributed by atoms with Gasteiger partial charge in [0, 0.05) is 6.42 Å². The van der Waals surface area contributed by atoms with Gasteiger partial charge in [-0.15, -0.1) is 0 Å². The molecule has 2 aromatic carbocycles. The van der Waals surface area contributed by atoms with Crippen molar-refractivity contribution in [1.82, 2.24) is 0 Å². The number of hydrogen-bond donors (Lipinski definition) is 1. The van der Waals surface area contributed by atoms with Crippen LogP contribution in [0.15, 0.2) is 47.4 Å². The lowest BCUT2D eigenvalue weighted by molar-refractivity contribution is 0.142. The fourth-order valence-corrected chi connectivity index (χ4v) is 4.95. The molecule has 0 aliphatic carbocycles. The quantitative estimate of drug-likeness (QED) is 0.516. The van der Waals surface area contributed by atoms with Crippen molar-refractivity contribution >= 4 is 10.1 Å². The van der Waals surface area contributed by atoms with Gasteiger partial charge in [0.2, 0.25) is 0 Å². The molecule has 0 saturated heterocycles. The van der Waals surface area contributed by atoms with E-state index in [1.165, 1.54) is 0 Å². The first-order valence-corrected chi connectivity index (χ1v) is 11.8. The molecule has 1 atom stereocenters. The smallest absolute Gasteiger partial charge is 0.297 e. The van der Waals surface area contributed by atoms with Gasteiger partial charge in [-0.1, -0.05) is 84.0 Å². The van der Waals surface area contributed by atoms with Crippen LogP contribution in [0.5, 0.6) is 0 Å². The molecule has 0 heterocycles. The molecular formula is C24H34O4S. The topological polar surface area (TPSA) is 63.6 Å². The minimum atomic E-state index is -3.94. The van der Waals surface area contributed by atoms with E-state index < -0.39 is 16.2 Å². The number of benzene rings is 2. The van der Waals surface area contributed by atoms with Crippen LogP contribution in [0.2, 0.25) is 0 Å². The molecule has 4 nitrogen and oxygen atoms in total. The van der Waals surface area contributed by atoms with Crippen molar-refractivity contribution in [2.75, 3.05) is 6.61 Å². The van der Waals surface area contributed by atoms with Gasteiger partial charge in [-0.2, -0.15) is 8.42 Å². The zero-order valence-corrected chi connectivity index (χ0v) is 19.2. The summed E-state index contributed by atoms with van der Waals surface area (Å²) in [6.07, 6.45) is -0.551. The Morgan fingerprint density at radius 3 is 1.79 bits per heavy atom. The minimum Gasteiger partial charge on any atom is -0.388 e. The summed E-state index contributed by atoms with van der Waals surface area (Å²) in [5.41, 5.74) is 3.48. The molecule has 1 N–H and O–H groups in total. The lowest BCUT2D eigenvalue weighted by Gasteiger charge is -2.22. The number of aliphatic hydroxyl groups is 1. The van der Waals surface area contributed by atoms with E-state index in [0.29, 0.717) is 10.8 Å². The molecule has 0 radical (unpaired) electrons. The summed E-state index contributed by atoms with van der Waals surface area (Å²) in [5.74, 6) is 0.410. The van der Waals surface area contributed by atoms with Gasteiger partial charge in [0.15, 0.2) is 0 Å². The molecule has 160 valence electrons. The third kappa shape index (κ3) is 5.91. The largest absolute Gasteiger partial charge is 0.388 e. The first kappa shape index (κ1) is 23.6. The molecule has 29 heavy (non-hydrogen) atoms. The Morgan fingerprint density at radius 2 is 1.34 bits per heavy atom. The van der Waals surface area contributed by atoms with Crippen molar-refractivity contribution in [3.8, 4) is 0 Å². The summed E-state index contributed by atoms with van der Waals surface area (Å²) < 4.78 is 31.8. The Kier molecular flexibility index (Phi) is 8.03. The molecule has 1 unspecified atom stereocenters. The molecule has 0 aliphatic heterocycles.